The van der Waals surface area contributed by atoms with Gasteiger partial charge in [0.2, 0.25) is 5.95 Å². The lowest BCUT2D eigenvalue weighted by molar-refractivity contribution is 0.508. The summed E-state index contributed by atoms with van der Waals surface area (Å²) in [5.74, 6) is -1.42. The monoisotopic (exact) mass is 276 g/mol. The zero-order valence-corrected chi connectivity index (χ0v) is 11.4. The first-order valence-electron chi connectivity index (χ1n) is 6.03. The molecule has 20 heavy (non-hydrogen) atoms. The molecule has 1 aromatic heterocycles. The molecule has 0 fully saturated rings. The molecule has 104 valence electrons. The van der Waals surface area contributed by atoms with E-state index in [1.165, 1.54) is 6.07 Å². The maximum atomic E-state index is 13.1. The van der Waals surface area contributed by atoms with Crippen molar-refractivity contribution in [3.63, 3.8) is 0 Å². The minimum Gasteiger partial charge on any atom is -0.245 e. The molecule has 2 aromatic rings. The molecule has 4 nitrogen and oxygen atoms in total. The second-order valence-electron chi connectivity index (χ2n) is 4.41. The van der Waals surface area contributed by atoms with Gasteiger partial charge in [-0.05, 0) is 45.0 Å². The van der Waals surface area contributed by atoms with Crippen molar-refractivity contribution in [1.29, 1.82) is 0 Å². The van der Waals surface area contributed by atoms with Crippen molar-refractivity contribution in [3.8, 4) is 0 Å². The zero-order valence-electron chi connectivity index (χ0n) is 11.4. The molecule has 0 spiro atoms. The average molecular weight is 276 g/mol. The summed E-state index contributed by atoms with van der Waals surface area (Å²) in [5, 5.41) is 4.07. The van der Waals surface area contributed by atoms with E-state index in [0.29, 0.717) is 17.2 Å². The number of aryl methyl sites for hydroxylation is 2. The Bertz CT molecular complexity index is 648. The molecule has 0 saturated heterocycles. The van der Waals surface area contributed by atoms with E-state index in [9.17, 15) is 8.78 Å². The van der Waals surface area contributed by atoms with Gasteiger partial charge in [-0.2, -0.15) is 5.10 Å². The summed E-state index contributed by atoms with van der Waals surface area (Å²) < 4.78 is 26.0. The zero-order chi connectivity index (χ0) is 14.7. The van der Waals surface area contributed by atoms with Crippen molar-refractivity contribution >= 4 is 11.7 Å². The molecule has 0 unspecified atom stereocenters. The van der Waals surface area contributed by atoms with Crippen molar-refractivity contribution in [2.24, 2.45) is 5.10 Å². The van der Waals surface area contributed by atoms with E-state index in [4.69, 9.17) is 0 Å². The Labute approximate surface area is 115 Å². The molecule has 1 heterocycles. The number of rotatable bonds is 3. The second-order valence-corrected chi connectivity index (χ2v) is 4.41. The van der Waals surface area contributed by atoms with Crippen LogP contribution in [0, 0.1) is 25.5 Å². The quantitative estimate of drug-likeness (QED) is 0.691. The Kier molecular flexibility index (Phi) is 4.02. The molecule has 0 saturated carbocycles. The molecule has 6 heteroatoms. The smallest absolute Gasteiger partial charge is 0.243 e. The van der Waals surface area contributed by atoms with E-state index in [1.54, 1.807) is 6.92 Å². The van der Waals surface area contributed by atoms with Gasteiger partial charge in [0, 0.05) is 17.0 Å². The third-order valence-electron chi connectivity index (χ3n) is 2.64. The number of hydrogen-bond donors (Lipinski definition) is 1. The largest absolute Gasteiger partial charge is 0.245 e. The number of aromatic nitrogens is 2. The third kappa shape index (κ3) is 3.34. The summed E-state index contributed by atoms with van der Waals surface area (Å²) in [5.41, 5.74) is 5.34. The summed E-state index contributed by atoms with van der Waals surface area (Å²) in [7, 11) is 0. The predicted octanol–water partition coefficient (Wildman–Crippen LogP) is 3.21. The Morgan fingerprint density at radius 3 is 2.30 bits per heavy atom. The summed E-state index contributed by atoms with van der Waals surface area (Å²) in [4.78, 5) is 8.34. The van der Waals surface area contributed by atoms with Crippen LogP contribution in [0.3, 0.4) is 0 Å². The van der Waals surface area contributed by atoms with Crippen molar-refractivity contribution in [2.75, 3.05) is 5.43 Å². The van der Waals surface area contributed by atoms with Crippen LogP contribution >= 0.6 is 0 Å². The van der Waals surface area contributed by atoms with Crippen LogP contribution in [-0.4, -0.2) is 15.7 Å². The number of nitrogens with one attached hydrogen (secondary N) is 1. The fourth-order valence-electron chi connectivity index (χ4n) is 1.70. The molecule has 0 radical (unpaired) electrons. The van der Waals surface area contributed by atoms with Crippen molar-refractivity contribution < 1.29 is 8.78 Å². The lowest BCUT2D eigenvalue weighted by atomic mass is 10.1. The Balaban J connectivity index is 2.19. The highest BCUT2D eigenvalue weighted by molar-refractivity contribution is 5.98. The Morgan fingerprint density at radius 2 is 1.70 bits per heavy atom. The molecular formula is C14H14F2N4. The normalized spacial score (nSPS) is 11.6. The molecule has 0 aliphatic heterocycles. The van der Waals surface area contributed by atoms with Gasteiger partial charge in [0.25, 0.3) is 0 Å². The van der Waals surface area contributed by atoms with Crippen LogP contribution in [-0.2, 0) is 0 Å². The van der Waals surface area contributed by atoms with E-state index >= 15 is 0 Å². The summed E-state index contributed by atoms with van der Waals surface area (Å²) in [6.07, 6.45) is 0. The van der Waals surface area contributed by atoms with Gasteiger partial charge >= 0.3 is 0 Å². The fourth-order valence-corrected chi connectivity index (χ4v) is 1.70. The lowest BCUT2D eigenvalue weighted by Gasteiger charge is -2.04. The molecule has 1 N–H and O–H groups in total. The minimum absolute atomic E-state index is 0.365. The maximum absolute atomic E-state index is 13.1. The summed E-state index contributed by atoms with van der Waals surface area (Å²) in [6, 6.07) is 5.47. The lowest BCUT2D eigenvalue weighted by Crippen LogP contribution is -2.04. The van der Waals surface area contributed by atoms with E-state index in [0.717, 1.165) is 23.5 Å². The van der Waals surface area contributed by atoms with E-state index in [-0.39, 0.29) is 0 Å². The minimum atomic E-state index is -0.903. The first kappa shape index (κ1) is 14.0. The highest BCUT2D eigenvalue weighted by atomic mass is 19.2. The van der Waals surface area contributed by atoms with Gasteiger partial charge in [-0.1, -0.05) is 0 Å². The van der Waals surface area contributed by atoms with Crippen LogP contribution in [0.25, 0.3) is 0 Å². The predicted molar refractivity (Wildman–Crippen MR) is 73.7 cm³/mol. The van der Waals surface area contributed by atoms with Crippen LogP contribution in [0.2, 0.25) is 0 Å². The summed E-state index contributed by atoms with van der Waals surface area (Å²) >= 11 is 0. The van der Waals surface area contributed by atoms with Crippen LogP contribution in [0.15, 0.2) is 29.4 Å². The number of nitrogens with zero attached hydrogens (tertiary/aromatic N) is 3. The number of hydrogen-bond acceptors (Lipinski definition) is 4. The molecule has 0 bridgehead atoms. The van der Waals surface area contributed by atoms with Gasteiger partial charge in [0.1, 0.15) is 0 Å². The van der Waals surface area contributed by atoms with Crippen LogP contribution in [0.1, 0.15) is 23.9 Å². The van der Waals surface area contributed by atoms with Crippen LogP contribution in [0.4, 0.5) is 14.7 Å². The number of halogens is 2. The second kappa shape index (κ2) is 5.73. The van der Waals surface area contributed by atoms with Crippen LogP contribution in [0.5, 0.6) is 0 Å². The van der Waals surface area contributed by atoms with Gasteiger partial charge in [-0.3, -0.25) is 0 Å². The van der Waals surface area contributed by atoms with E-state index in [1.807, 2.05) is 19.9 Å². The fraction of sp³-hybridized carbons (Fsp3) is 0.214. The number of anilines is 1. The highest BCUT2D eigenvalue weighted by Crippen LogP contribution is 2.10. The Hall–Kier alpha value is -2.37. The van der Waals surface area contributed by atoms with Gasteiger partial charge in [-0.25, -0.2) is 24.2 Å². The molecule has 2 rings (SSSR count). The van der Waals surface area contributed by atoms with E-state index < -0.39 is 11.6 Å². The van der Waals surface area contributed by atoms with Crippen molar-refractivity contribution in [2.45, 2.75) is 20.8 Å². The molecule has 0 aliphatic carbocycles. The van der Waals surface area contributed by atoms with Gasteiger partial charge in [0.05, 0.1) is 5.71 Å². The van der Waals surface area contributed by atoms with E-state index in [2.05, 4.69) is 20.5 Å². The standard InChI is InChI=1S/C14H14F2N4/c1-8-6-9(2)18-14(17-8)20-19-10(3)11-4-5-12(15)13(16)7-11/h4-7H,1-3H3,(H,17,18,20)/b19-10+. The molecule has 1 aromatic carbocycles. The summed E-state index contributed by atoms with van der Waals surface area (Å²) in [6.45, 7) is 5.39. The van der Waals surface area contributed by atoms with Crippen molar-refractivity contribution in [3.05, 3.63) is 52.9 Å². The molecule has 0 atom stereocenters. The first-order chi connectivity index (χ1) is 9.45. The van der Waals surface area contributed by atoms with Gasteiger partial charge in [-0.15, -0.1) is 0 Å². The SMILES string of the molecule is C/C(=N\Nc1nc(C)cc(C)n1)c1ccc(F)c(F)c1. The van der Waals surface area contributed by atoms with Crippen molar-refractivity contribution in [1.82, 2.24) is 9.97 Å². The number of benzene rings is 1. The van der Waals surface area contributed by atoms with Crippen LogP contribution < -0.4 is 5.43 Å². The first-order valence-corrected chi connectivity index (χ1v) is 6.03. The topological polar surface area (TPSA) is 50.2 Å². The highest BCUT2D eigenvalue weighted by Gasteiger charge is 2.05. The molecule has 0 aliphatic rings. The average Bonchev–Trinajstić information content (AvgIpc) is 2.38. The van der Waals surface area contributed by atoms with Gasteiger partial charge in [0.15, 0.2) is 11.6 Å². The maximum Gasteiger partial charge on any atom is 0.243 e. The molecule has 0 amide bonds. The third-order valence-corrected chi connectivity index (χ3v) is 2.64. The number of hydrazone groups is 1. The van der Waals surface area contributed by atoms with Gasteiger partial charge < -0.3 is 0 Å². The molecular weight excluding hydrogens is 262 g/mol. The Morgan fingerprint density at radius 1 is 1.05 bits per heavy atom.